The van der Waals surface area contributed by atoms with Gasteiger partial charge in [-0.05, 0) is 45.8 Å². The van der Waals surface area contributed by atoms with Crippen molar-refractivity contribution < 1.29 is 0 Å². The molecule has 6 rings (SSSR count). The molecular formula is C40H31N. The number of fused-ring (bicyclic) bond motifs is 1. The molecule has 0 N–H and O–H groups in total. The molecule has 0 aromatic heterocycles. The lowest BCUT2D eigenvalue weighted by Gasteiger charge is -2.25. The summed E-state index contributed by atoms with van der Waals surface area (Å²) in [6.45, 7) is 0. The zero-order chi connectivity index (χ0) is 27.7. The molecule has 0 heterocycles. The number of hydrogen-bond donors (Lipinski definition) is 0. The Morgan fingerprint density at radius 1 is 0.439 bits per heavy atom. The predicted octanol–water partition coefficient (Wildman–Crippen LogP) is 10.8. The number of para-hydroxylation sites is 1. The number of hydrogen-bond acceptors (Lipinski definition) is 1. The van der Waals surface area contributed by atoms with E-state index < -0.39 is 0 Å². The Morgan fingerprint density at radius 3 is 1.59 bits per heavy atom. The molecular weight excluding hydrogens is 494 g/mol. The summed E-state index contributed by atoms with van der Waals surface area (Å²) >= 11 is 0. The Labute approximate surface area is 242 Å². The fourth-order valence-corrected chi connectivity index (χ4v) is 5.10. The molecule has 0 spiro atoms. The van der Waals surface area contributed by atoms with Crippen LogP contribution in [0.15, 0.2) is 176 Å². The van der Waals surface area contributed by atoms with Gasteiger partial charge in [-0.25, -0.2) is 0 Å². The summed E-state index contributed by atoms with van der Waals surface area (Å²) in [5.74, 6) is 0. The number of nitrogens with zero attached hydrogens (tertiary/aromatic N) is 1. The summed E-state index contributed by atoms with van der Waals surface area (Å²) in [5.41, 5.74) is 8.13. The molecule has 0 aliphatic heterocycles. The van der Waals surface area contributed by atoms with Crippen LogP contribution >= 0.6 is 0 Å². The summed E-state index contributed by atoms with van der Waals surface area (Å²) in [5, 5.41) is 2.41. The first-order chi connectivity index (χ1) is 20.4. The van der Waals surface area contributed by atoms with E-state index in [4.69, 9.17) is 0 Å². The van der Waals surface area contributed by atoms with Gasteiger partial charge in [0.1, 0.15) is 0 Å². The minimum absolute atomic E-state index is 1.11. The van der Waals surface area contributed by atoms with Crippen LogP contribution in [0.1, 0.15) is 22.3 Å². The summed E-state index contributed by atoms with van der Waals surface area (Å²) in [6.07, 6.45) is 10.8. The van der Waals surface area contributed by atoms with Crippen molar-refractivity contribution in [2.24, 2.45) is 0 Å². The lowest BCUT2D eigenvalue weighted by Crippen LogP contribution is -2.11. The van der Waals surface area contributed by atoms with E-state index in [1.807, 2.05) is 6.07 Å². The van der Waals surface area contributed by atoms with Crippen molar-refractivity contribution in [3.63, 3.8) is 0 Å². The molecule has 1 nitrogen and oxygen atoms in total. The van der Waals surface area contributed by atoms with E-state index in [9.17, 15) is 0 Å². The Kier molecular flexibility index (Phi) is 7.97. The van der Waals surface area contributed by atoms with Gasteiger partial charge in [0.25, 0.3) is 0 Å². The zero-order valence-electron chi connectivity index (χ0n) is 22.8. The summed E-state index contributed by atoms with van der Waals surface area (Å²) in [7, 11) is 0. The van der Waals surface area contributed by atoms with E-state index in [0.717, 1.165) is 16.9 Å². The molecule has 0 atom stereocenters. The second kappa shape index (κ2) is 12.6. The van der Waals surface area contributed by atoms with Gasteiger partial charge in [-0.3, -0.25) is 0 Å². The van der Waals surface area contributed by atoms with Gasteiger partial charge in [-0.2, -0.15) is 0 Å². The average Bonchev–Trinajstić information content (AvgIpc) is 3.05. The second-order valence-corrected chi connectivity index (χ2v) is 9.83. The maximum atomic E-state index is 2.32. The molecule has 0 fully saturated rings. The standard InChI is InChI=1S/C40H31N/c1-5-17-32(18-6-1)19-13-14-24-35-29-30-40(38-28-16-15-27-37(35)38)41(36-25-11-4-12-26-36)31-39(33-20-7-2-8-21-33)34-22-9-3-10-23-34/h1-31H. The van der Waals surface area contributed by atoms with E-state index in [2.05, 4.69) is 187 Å². The fourth-order valence-electron chi connectivity index (χ4n) is 5.10. The van der Waals surface area contributed by atoms with Crippen molar-refractivity contribution in [3.05, 3.63) is 198 Å². The second-order valence-electron chi connectivity index (χ2n) is 9.83. The zero-order valence-corrected chi connectivity index (χ0v) is 22.8. The molecule has 0 radical (unpaired) electrons. The molecule has 6 aromatic rings. The maximum Gasteiger partial charge on any atom is 0.0534 e. The van der Waals surface area contributed by atoms with E-state index in [-0.39, 0.29) is 0 Å². The molecule has 0 saturated heterocycles. The molecule has 1 heteroatoms. The van der Waals surface area contributed by atoms with Gasteiger partial charge in [0.2, 0.25) is 0 Å². The van der Waals surface area contributed by atoms with Gasteiger partial charge in [-0.1, -0.05) is 164 Å². The van der Waals surface area contributed by atoms with Crippen LogP contribution in [0.2, 0.25) is 0 Å². The molecule has 0 aliphatic rings. The van der Waals surface area contributed by atoms with Crippen molar-refractivity contribution in [1.29, 1.82) is 0 Å². The van der Waals surface area contributed by atoms with Crippen LogP contribution in [0, 0.1) is 0 Å². The maximum absolute atomic E-state index is 2.32. The van der Waals surface area contributed by atoms with E-state index in [1.165, 1.54) is 33.0 Å². The smallest absolute Gasteiger partial charge is 0.0534 e. The molecule has 0 bridgehead atoms. The van der Waals surface area contributed by atoms with Crippen LogP contribution in [0.4, 0.5) is 11.4 Å². The van der Waals surface area contributed by atoms with Crippen molar-refractivity contribution in [3.8, 4) is 0 Å². The molecule has 196 valence electrons. The van der Waals surface area contributed by atoms with Gasteiger partial charge in [0.05, 0.1) is 5.69 Å². The SMILES string of the molecule is C(C=Cc1ccc(N(C=C(c2ccccc2)c2ccccc2)c2ccccc2)c2ccccc12)=Cc1ccccc1. The highest BCUT2D eigenvalue weighted by Gasteiger charge is 2.15. The summed E-state index contributed by atoms with van der Waals surface area (Å²) in [4.78, 5) is 2.32. The number of benzene rings is 6. The van der Waals surface area contributed by atoms with Crippen LogP contribution in [0.3, 0.4) is 0 Å². The highest BCUT2D eigenvalue weighted by molar-refractivity contribution is 6.02. The monoisotopic (exact) mass is 525 g/mol. The molecule has 0 amide bonds. The largest absolute Gasteiger partial charge is 0.316 e. The summed E-state index contributed by atoms with van der Waals surface area (Å²) in [6, 6.07) is 55.3. The minimum Gasteiger partial charge on any atom is -0.316 e. The third kappa shape index (κ3) is 6.11. The van der Waals surface area contributed by atoms with E-state index >= 15 is 0 Å². The van der Waals surface area contributed by atoms with Gasteiger partial charge >= 0.3 is 0 Å². The highest BCUT2D eigenvalue weighted by atomic mass is 15.1. The van der Waals surface area contributed by atoms with Gasteiger partial charge in [0.15, 0.2) is 0 Å². The van der Waals surface area contributed by atoms with Gasteiger partial charge < -0.3 is 4.90 Å². The van der Waals surface area contributed by atoms with Crippen LogP contribution in [-0.4, -0.2) is 0 Å². The summed E-state index contributed by atoms with van der Waals surface area (Å²) < 4.78 is 0. The predicted molar refractivity (Wildman–Crippen MR) is 177 cm³/mol. The minimum atomic E-state index is 1.11. The van der Waals surface area contributed by atoms with Gasteiger partial charge in [0, 0.05) is 22.8 Å². The Bertz CT molecular complexity index is 1760. The quantitative estimate of drug-likeness (QED) is 0.179. The van der Waals surface area contributed by atoms with Crippen LogP contribution in [0.25, 0.3) is 28.5 Å². The number of allylic oxidation sites excluding steroid dienone is 2. The molecule has 0 aliphatic carbocycles. The topological polar surface area (TPSA) is 3.24 Å². The Hall–Kier alpha value is -5.40. The van der Waals surface area contributed by atoms with E-state index in [1.54, 1.807) is 0 Å². The third-order valence-corrected chi connectivity index (χ3v) is 7.13. The molecule has 6 aromatic carbocycles. The first-order valence-electron chi connectivity index (χ1n) is 14.0. The van der Waals surface area contributed by atoms with Gasteiger partial charge in [-0.15, -0.1) is 0 Å². The molecule has 0 saturated carbocycles. The van der Waals surface area contributed by atoms with Crippen molar-refractivity contribution in [2.75, 3.05) is 4.90 Å². The van der Waals surface area contributed by atoms with Crippen molar-refractivity contribution in [1.82, 2.24) is 0 Å². The highest BCUT2D eigenvalue weighted by Crippen LogP contribution is 2.37. The van der Waals surface area contributed by atoms with E-state index in [0.29, 0.717) is 0 Å². The first kappa shape index (κ1) is 25.9. The van der Waals surface area contributed by atoms with Crippen LogP contribution < -0.4 is 4.90 Å². The normalized spacial score (nSPS) is 11.2. The lowest BCUT2D eigenvalue weighted by molar-refractivity contribution is 1.29. The molecule has 41 heavy (non-hydrogen) atoms. The van der Waals surface area contributed by atoms with Crippen molar-refractivity contribution in [2.45, 2.75) is 0 Å². The number of anilines is 2. The Morgan fingerprint density at radius 2 is 0.951 bits per heavy atom. The lowest BCUT2D eigenvalue weighted by atomic mass is 9.97. The first-order valence-corrected chi connectivity index (χ1v) is 14.0. The molecule has 0 unspecified atom stereocenters. The van der Waals surface area contributed by atoms with Crippen molar-refractivity contribution >= 4 is 39.9 Å². The third-order valence-electron chi connectivity index (χ3n) is 7.13. The Balaban J connectivity index is 1.47. The fraction of sp³-hybridized carbons (Fsp3) is 0. The van der Waals surface area contributed by atoms with Crippen LogP contribution in [-0.2, 0) is 0 Å². The van der Waals surface area contributed by atoms with Crippen LogP contribution in [0.5, 0.6) is 0 Å². The number of rotatable bonds is 8. The average molecular weight is 526 g/mol.